The zero-order chi connectivity index (χ0) is 13.7. The molecule has 0 amide bonds. The number of ether oxygens (including phenoxy) is 2. The average molecular weight is 251 g/mol. The Morgan fingerprint density at radius 3 is 2.44 bits per heavy atom. The summed E-state index contributed by atoms with van der Waals surface area (Å²) in [5, 5.41) is 12.5. The number of nitrogens with zero attached hydrogens (tertiary/aromatic N) is 3. The van der Waals surface area contributed by atoms with Gasteiger partial charge >= 0.3 is 11.9 Å². The molecule has 0 radical (unpaired) electrons. The molecule has 7 nitrogen and oxygen atoms in total. The number of aromatic nitrogens is 2. The van der Waals surface area contributed by atoms with Crippen molar-refractivity contribution in [3.8, 4) is 6.07 Å². The standard InChI is InChI=1S/C11H13N3O4/c1-7-8(10(15)17-2)9(11(16)18-3)13-14(7)6-4-5-12/h4,6H2,1-3H3. The van der Waals surface area contributed by atoms with Gasteiger partial charge in [0.2, 0.25) is 0 Å². The molecular weight excluding hydrogens is 238 g/mol. The van der Waals surface area contributed by atoms with E-state index in [0.717, 1.165) is 0 Å². The van der Waals surface area contributed by atoms with Crippen molar-refractivity contribution in [2.75, 3.05) is 14.2 Å². The number of hydrogen-bond acceptors (Lipinski definition) is 6. The fourth-order valence-corrected chi connectivity index (χ4v) is 1.51. The minimum absolute atomic E-state index is 0.0716. The SMILES string of the molecule is COC(=O)c1nn(CCC#N)c(C)c1C(=O)OC. The Morgan fingerprint density at radius 1 is 1.33 bits per heavy atom. The Kier molecular flexibility index (Phi) is 4.43. The average Bonchev–Trinajstić information content (AvgIpc) is 2.71. The third-order valence-electron chi connectivity index (χ3n) is 2.41. The van der Waals surface area contributed by atoms with E-state index >= 15 is 0 Å². The maximum atomic E-state index is 11.6. The van der Waals surface area contributed by atoms with E-state index in [2.05, 4.69) is 14.6 Å². The van der Waals surface area contributed by atoms with Crippen LogP contribution in [-0.2, 0) is 16.0 Å². The normalized spacial score (nSPS) is 9.67. The first-order valence-electron chi connectivity index (χ1n) is 5.17. The lowest BCUT2D eigenvalue weighted by Gasteiger charge is -2.01. The second kappa shape index (κ2) is 5.82. The summed E-state index contributed by atoms with van der Waals surface area (Å²) in [5.41, 5.74) is 0.444. The minimum Gasteiger partial charge on any atom is -0.465 e. The van der Waals surface area contributed by atoms with E-state index in [9.17, 15) is 9.59 Å². The van der Waals surface area contributed by atoms with Crippen molar-refractivity contribution in [2.24, 2.45) is 0 Å². The summed E-state index contributed by atoms with van der Waals surface area (Å²) < 4.78 is 10.6. The van der Waals surface area contributed by atoms with Gasteiger partial charge in [-0.25, -0.2) is 9.59 Å². The van der Waals surface area contributed by atoms with Gasteiger partial charge in [-0.15, -0.1) is 0 Å². The van der Waals surface area contributed by atoms with E-state index < -0.39 is 11.9 Å². The number of esters is 2. The van der Waals surface area contributed by atoms with Crippen molar-refractivity contribution in [2.45, 2.75) is 19.9 Å². The Morgan fingerprint density at radius 2 is 1.94 bits per heavy atom. The number of nitriles is 1. The van der Waals surface area contributed by atoms with Gasteiger partial charge in [-0.2, -0.15) is 10.4 Å². The van der Waals surface area contributed by atoms with E-state index in [0.29, 0.717) is 12.2 Å². The molecule has 1 heterocycles. The Bertz CT molecular complexity index is 513. The molecule has 96 valence electrons. The number of aryl methyl sites for hydroxylation is 1. The predicted molar refractivity (Wildman–Crippen MR) is 59.9 cm³/mol. The van der Waals surface area contributed by atoms with Crippen molar-refractivity contribution >= 4 is 11.9 Å². The zero-order valence-electron chi connectivity index (χ0n) is 10.4. The topological polar surface area (TPSA) is 94.2 Å². The first kappa shape index (κ1) is 13.7. The molecule has 0 atom stereocenters. The molecule has 0 saturated heterocycles. The number of carbonyl (C=O) groups is 2. The van der Waals surface area contributed by atoms with E-state index in [1.807, 2.05) is 6.07 Å². The summed E-state index contributed by atoms with van der Waals surface area (Å²) >= 11 is 0. The van der Waals surface area contributed by atoms with Gasteiger partial charge in [0, 0.05) is 0 Å². The van der Waals surface area contributed by atoms with Crippen LogP contribution in [0.2, 0.25) is 0 Å². The quantitative estimate of drug-likeness (QED) is 0.730. The molecule has 1 aromatic rings. The lowest BCUT2D eigenvalue weighted by Crippen LogP contribution is -2.11. The first-order chi connectivity index (χ1) is 8.56. The van der Waals surface area contributed by atoms with E-state index in [1.54, 1.807) is 6.92 Å². The van der Waals surface area contributed by atoms with Crippen LogP contribution in [-0.4, -0.2) is 35.9 Å². The molecular formula is C11H13N3O4. The number of methoxy groups -OCH3 is 2. The Hall–Kier alpha value is -2.36. The number of carbonyl (C=O) groups excluding carboxylic acids is 2. The lowest BCUT2D eigenvalue weighted by atomic mass is 10.2. The molecule has 0 bridgehead atoms. The second-order valence-electron chi connectivity index (χ2n) is 3.42. The lowest BCUT2D eigenvalue weighted by molar-refractivity contribution is 0.0551. The minimum atomic E-state index is -0.714. The molecule has 0 aliphatic heterocycles. The van der Waals surface area contributed by atoms with Gasteiger partial charge in [-0.05, 0) is 6.92 Å². The van der Waals surface area contributed by atoms with E-state index in [-0.39, 0.29) is 17.7 Å². The molecule has 0 aliphatic carbocycles. The van der Waals surface area contributed by atoms with Crippen molar-refractivity contribution in [3.05, 3.63) is 17.0 Å². The van der Waals surface area contributed by atoms with Gasteiger partial charge in [0.25, 0.3) is 0 Å². The van der Waals surface area contributed by atoms with Crippen LogP contribution in [0.3, 0.4) is 0 Å². The summed E-state index contributed by atoms with van der Waals surface area (Å²) in [6.45, 7) is 1.92. The maximum Gasteiger partial charge on any atom is 0.359 e. The highest BCUT2D eigenvalue weighted by molar-refractivity contribution is 6.02. The smallest absolute Gasteiger partial charge is 0.359 e. The molecule has 7 heteroatoms. The summed E-state index contributed by atoms with van der Waals surface area (Å²) in [7, 11) is 2.42. The van der Waals surface area contributed by atoms with Crippen LogP contribution >= 0.6 is 0 Å². The van der Waals surface area contributed by atoms with Gasteiger partial charge in [-0.1, -0.05) is 0 Å². The highest BCUT2D eigenvalue weighted by Gasteiger charge is 2.26. The van der Waals surface area contributed by atoms with Crippen LogP contribution in [0, 0.1) is 18.3 Å². The molecule has 1 aromatic heterocycles. The summed E-state index contributed by atoms with van der Waals surface area (Å²) in [4.78, 5) is 23.1. The highest BCUT2D eigenvalue weighted by Crippen LogP contribution is 2.16. The fraction of sp³-hybridized carbons (Fsp3) is 0.455. The van der Waals surface area contributed by atoms with Crippen LogP contribution in [0.5, 0.6) is 0 Å². The second-order valence-corrected chi connectivity index (χ2v) is 3.42. The predicted octanol–water partition coefficient (Wildman–Crippen LogP) is 0.678. The molecule has 0 N–H and O–H groups in total. The molecule has 0 fully saturated rings. The Labute approximate surface area is 104 Å². The zero-order valence-corrected chi connectivity index (χ0v) is 10.4. The van der Waals surface area contributed by atoms with Crippen LogP contribution in [0.25, 0.3) is 0 Å². The Balaban J connectivity index is 3.27. The van der Waals surface area contributed by atoms with Gasteiger partial charge < -0.3 is 9.47 Å². The van der Waals surface area contributed by atoms with Crippen molar-refractivity contribution in [1.29, 1.82) is 5.26 Å². The van der Waals surface area contributed by atoms with E-state index in [4.69, 9.17) is 5.26 Å². The molecule has 0 spiro atoms. The number of rotatable bonds is 4. The van der Waals surface area contributed by atoms with Gasteiger partial charge in [0.1, 0.15) is 5.56 Å². The van der Waals surface area contributed by atoms with Crippen molar-refractivity contribution in [3.63, 3.8) is 0 Å². The van der Waals surface area contributed by atoms with Crippen LogP contribution in [0.15, 0.2) is 0 Å². The molecule has 18 heavy (non-hydrogen) atoms. The van der Waals surface area contributed by atoms with Crippen LogP contribution in [0.1, 0.15) is 33.0 Å². The molecule has 0 saturated carbocycles. The van der Waals surface area contributed by atoms with Crippen LogP contribution in [0.4, 0.5) is 0 Å². The summed E-state index contributed by atoms with van der Waals surface area (Å²) in [6, 6.07) is 1.97. The van der Waals surface area contributed by atoms with Crippen molar-refractivity contribution < 1.29 is 19.1 Å². The fourth-order valence-electron chi connectivity index (χ4n) is 1.51. The van der Waals surface area contributed by atoms with Gasteiger partial charge in [-0.3, -0.25) is 4.68 Å². The molecule has 0 aromatic carbocycles. The van der Waals surface area contributed by atoms with Crippen molar-refractivity contribution in [1.82, 2.24) is 9.78 Å². The van der Waals surface area contributed by atoms with Gasteiger partial charge in [0.15, 0.2) is 5.69 Å². The van der Waals surface area contributed by atoms with Crippen LogP contribution < -0.4 is 0 Å². The molecule has 1 rings (SSSR count). The summed E-state index contributed by atoms with van der Waals surface area (Å²) in [6.07, 6.45) is 0.226. The first-order valence-corrected chi connectivity index (χ1v) is 5.17. The van der Waals surface area contributed by atoms with E-state index in [1.165, 1.54) is 18.9 Å². The molecule has 0 unspecified atom stereocenters. The largest absolute Gasteiger partial charge is 0.465 e. The molecule has 0 aliphatic rings. The summed E-state index contributed by atoms with van der Waals surface area (Å²) in [5.74, 6) is -1.37. The third-order valence-corrected chi connectivity index (χ3v) is 2.41. The third kappa shape index (κ3) is 2.48. The number of hydrogen-bond donors (Lipinski definition) is 0. The monoisotopic (exact) mass is 251 g/mol. The maximum absolute atomic E-state index is 11.6. The highest BCUT2D eigenvalue weighted by atomic mass is 16.5. The van der Waals surface area contributed by atoms with Gasteiger partial charge in [0.05, 0.1) is 38.9 Å².